The van der Waals surface area contributed by atoms with E-state index >= 15 is 0 Å². The summed E-state index contributed by atoms with van der Waals surface area (Å²) in [6, 6.07) is 7.22. The molecule has 0 saturated heterocycles. The van der Waals surface area contributed by atoms with Crippen LogP contribution in [0.4, 0.5) is 11.5 Å². The molecule has 2 heterocycles. The van der Waals surface area contributed by atoms with Gasteiger partial charge in [-0.15, -0.1) is 11.3 Å². The standard InChI is InChI=1S/C20H21N5O2S2/c1-10-11(2)29-19-16(10)17(21)24-20(25-19)28-9-15(26)22-14-5-3-4-12(8-14)18(27)23-13-6-7-13/h3-5,8,13H,6-7,9H2,1-2H3,(H,22,26)(H,23,27)(H2,21,24,25). The van der Waals surface area contributed by atoms with Crippen molar-refractivity contribution in [2.75, 3.05) is 16.8 Å². The van der Waals surface area contributed by atoms with Crippen LogP contribution in [0.2, 0.25) is 0 Å². The van der Waals surface area contributed by atoms with E-state index in [1.54, 1.807) is 35.6 Å². The number of aromatic nitrogens is 2. The summed E-state index contributed by atoms with van der Waals surface area (Å²) in [6.07, 6.45) is 2.06. The first-order valence-electron chi connectivity index (χ1n) is 9.27. The topological polar surface area (TPSA) is 110 Å². The van der Waals surface area contributed by atoms with Gasteiger partial charge in [-0.05, 0) is 50.5 Å². The number of carbonyl (C=O) groups is 2. The normalized spacial score (nSPS) is 13.4. The van der Waals surface area contributed by atoms with Crippen molar-refractivity contribution < 1.29 is 9.59 Å². The average Bonchev–Trinajstić information content (AvgIpc) is 3.44. The number of thiophene rings is 1. The first-order chi connectivity index (χ1) is 13.9. The number of nitrogens with one attached hydrogen (secondary N) is 2. The summed E-state index contributed by atoms with van der Waals surface area (Å²) in [4.78, 5) is 35.3. The zero-order valence-corrected chi connectivity index (χ0v) is 17.7. The first kappa shape index (κ1) is 19.7. The van der Waals surface area contributed by atoms with Crippen molar-refractivity contribution in [3.05, 3.63) is 40.3 Å². The highest BCUT2D eigenvalue weighted by atomic mass is 32.2. The molecule has 150 valence electrons. The second-order valence-electron chi connectivity index (χ2n) is 7.02. The van der Waals surface area contributed by atoms with Crippen molar-refractivity contribution in [2.24, 2.45) is 0 Å². The Labute approximate surface area is 176 Å². The van der Waals surface area contributed by atoms with Gasteiger partial charge in [0.25, 0.3) is 5.91 Å². The van der Waals surface area contributed by atoms with Gasteiger partial charge in [0.15, 0.2) is 5.16 Å². The van der Waals surface area contributed by atoms with Crippen LogP contribution in [0.25, 0.3) is 10.2 Å². The highest BCUT2D eigenvalue weighted by molar-refractivity contribution is 7.99. The van der Waals surface area contributed by atoms with Crippen molar-refractivity contribution >= 4 is 56.6 Å². The molecule has 9 heteroatoms. The number of nitrogen functional groups attached to an aromatic ring is 1. The molecular weight excluding hydrogens is 406 g/mol. The quantitative estimate of drug-likeness (QED) is 0.410. The average molecular weight is 428 g/mol. The Bertz CT molecular complexity index is 1110. The Morgan fingerprint density at radius 1 is 1.28 bits per heavy atom. The van der Waals surface area contributed by atoms with E-state index in [1.807, 2.05) is 13.8 Å². The maximum absolute atomic E-state index is 12.3. The van der Waals surface area contributed by atoms with Crippen LogP contribution in [0.15, 0.2) is 29.4 Å². The number of carbonyl (C=O) groups excluding carboxylic acids is 2. The van der Waals surface area contributed by atoms with Crippen LogP contribution in [-0.4, -0.2) is 33.6 Å². The predicted octanol–water partition coefficient (Wildman–Crippen LogP) is 3.51. The molecule has 0 unspecified atom stereocenters. The van der Waals surface area contributed by atoms with Gasteiger partial charge in [-0.1, -0.05) is 17.8 Å². The molecule has 0 aliphatic heterocycles. The van der Waals surface area contributed by atoms with Crippen molar-refractivity contribution in [1.82, 2.24) is 15.3 Å². The molecule has 4 rings (SSSR count). The third-order valence-electron chi connectivity index (χ3n) is 4.69. The van der Waals surface area contributed by atoms with Gasteiger partial charge in [0.2, 0.25) is 5.91 Å². The van der Waals surface area contributed by atoms with E-state index in [0.29, 0.717) is 22.2 Å². The number of aryl methyl sites for hydroxylation is 2. The van der Waals surface area contributed by atoms with E-state index in [2.05, 4.69) is 20.6 Å². The summed E-state index contributed by atoms with van der Waals surface area (Å²) in [5.74, 6) is 0.272. The van der Waals surface area contributed by atoms with E-state index in [0.717, 1.165) is 33.5 Å². The summed E-state index contributed by atoms with van der Waals surface area (Å²) in [7, 11) is 0. The molecule has 0 atom stereocenters. The van der Waals surface area contributed by atoms with Gasteiger partial charge in [0, 0.05) is 22.2 Å². The van der Waals surface area contributed by atoms with E-state index in [4.69, 9.17) is 5.73 Å². The first-order valence-corrected chi connectivity index (χ1v) is 11.1. The van der Waals surface area contributed by atoms with Crippen molar-refractivity contribution in [3.63, 3.8) is 0 Å². The summed E-state index contributed by atoms with van der Waals surface area (Å²) in [5.41, 5.74) is 8.31. The minimum atomic E-state index is -0.199. The molecule has 1 aliphatic rings. The van der Waals surface area contributed by atoms with Crippen LogP contribution < -0.4 is 16.4 Å². The van der Waals surface area contributed by atoms with Crippen LogP contribution in [0.5, 0.6) is 0 Å². The lowest BCUT2D eigenvalue weighted by atomic mass is 10.2. The van der Waals surface area contributed by atoms with Gasteiger partial charge in [0.05, 0.1) is 11.1 Å². The Morgan fingerprint density at radius 3 is 2.83 bits per heavy atom. The minimum absolute atomic E-state index is 0.114. The molecule has 0 bridgehead atoms. The molecule has 29 heavy (non-hydrogen) atoms. The van der Waals surface area contributed by atoms with Gasteiger partial charge < -0.3 is 16.4 Å². The van der Waals surface area contributed by atoms with Crippen molar-refractivity contribution in [2.45, 2.75) is 37.9 Å². The third-order valence-corrected chi connectivity index (χ3v) is 6.64. The lowest BCUT2D eigenvalue weighted by molar-refractivity contribution is -0.113. The Hall–Kier alpha value is -2.65. The van der Waals surface area contributed by atoms with Crippen LogP contribution in [0, 0.1) is 13.8 Å². The van der Waals surface area contributed by atoms with Crippen LogP contribution >= 0.6 is 23.1 Å². The lowest BCUT2D eigenvalue weighted by Crippen LogP contribution is -2.25. The van der Waals surface area contributed by atoms with Gasteiger partial charge in [-0.2, -0.15) is 0 Å². The molecule has 1 aliphatic carbocycles. The maximum Gasteiger partial charge on any atom is 0.251 e. The van der Waals surface area contributed by atoms with Crippen LogP contribution in [0.3, 0.4) is 0 Å². The third kappa shape index (κ3) is 4.51. The van der Waals surface area contributed by atoms with E-state index in [-0.39, 0.29) is 23.6 Å². The van der Waals surface area contributed by atoms with E-state index in [9.17, 15) is 9.59 Å². The summed E-state index contributed by atoms with van der Waals surface area (Å²) >= 11 is 2.81. The number of nitrogens with zero attached hydrogens (tertiary/aromatic N) is 2. The van der Waals surface area contributed by atoms with Gasteiger partial charge in [-0.25, -0.2) is 9.97 Å². The van der Waals surface area contributed by atoms with Crippen molar-refractivity contribution in [1.29, 1.82) is 0 Å². The number of benzene rings is 1. The number of amides is 2. The number of thioether (sulfide) groups is 1. The zero-order chi connectivity index (χ0) is 20.5. The number of anilines is 2. The second-order valence-corrected chi connectivity index (χ2v) is 9.17. The predicted molar refractivity (Wildman–Crippen MR) is 118 cm³/mol. The number of nitrogens with two attached hydrogens (primary N) is 1. The fourth-order valence-electron chi connectivity index (χ4n) is 2.89. The summed E-state index contributed by atoms with van der Waals surface area (Å²) in [6.45, 7) is 4.04. The molecule has 4 N–H and O–H groups in total. The van der Waals surface area contributed by atoms with Gasteiger partial charge in [0.1, 0.15) is 10.6 Å². The molecule has 1 aromatic carbocycles. The molecule has 3 aromatic rings. The Balaban J connectivity index is 1.39. The summed E-state index contributed by atoms with van der Waals surface area (Å²) in [5, 5.41) is 7.12. The van der Waals surface area contributed by atoms with Crippen LogP contribution in [0.1, 0.15) is 33.6 Å². The molecule has 7 nitrogen and oxygen atoms in total. The fraction of sp³-hybridized carbons (Fsp3) is 0.300. The number of hydrogen-bond acceptors (Lipinski definition) is 7. The van der Waals surface area contributed by atoms with E-state index < -0.39 is 0 Å². The molecule has 0 radical (unpaired) electrons. The highest BCUT2D eigenvalue weighted by Crippen LogP contribution is 2.33. The van der Waals surface area contributed by atoms with Gasteiger partial charge in [-0.3, -0.25) is 9.59 Å². The monoisotopic (exact) mass is 427 g/mol. The molecule has 1 saturated carbocycles. The maximum atomic E-state index is 12.3. The van der Waals surface area contributed by atoms with E-state index in [1.165, 1.54) is 11.8 Å². The smallest absolute Gasteiger partial charge is 0.251 e. The van der Waals surface area contributed by atoms with Gasteiger partial charge >= 0.3 is 0 Å². The molecular formula is C20H21N5O2S2. The molecule has 2 amide bonds. The number of hydrogen-bond donors (Lipinski definition) is 3. The molecule has 2 aromatic heterocycles. The Kier molecular flexibility index (Phi) is 5.42. The molecule has 0 spiro atoms. The second kappa shape index (κ2) is 8.00. The SMILES string of the molecule is Cc1sc2nc(SCC(=O)Nc3cccc(C(=O)NC4CC4)c3)nc(N)c2c1C. The minimum Gasteiger partial charge on any atom is -0.383 e. The number of rotatable bonds is 6. The Morgan fingerprint density at radius 2 is 2.07 bits per heavy atom. The fourth-order valence-corrected chi connectivity index (χ4v) is 4.63. The number of fused-ring (bicyclic) bond motifs is 1. The lowest BCUT2D eigenvalue weighted by Gasteiger charge is -2.08. The highest BCUT2D eigenvalue weighted by Gasteiger charge is 2.23. The summed E-state index contributed by atoms with van der Waals surface area (Å²) < 4.78 is 0. The molecule has 1 fully saturated rings. The van der Waals surface area contributed by atoms with Crippen molar-refractivity contribution in [3.8, 4) is 0 Å². The van der Waals surface area contributed by atoms with Crippen LogP contribution in [-0.2, 0) is 4.79 Å². The largest absolute Gasteiger partial charge is 0.383 e. The zero-order valence-electron chi connectivity index (χ0n) is 16.1.